The lowest BCUT2D eigenvalue weighted by molar-refractivity contribution is -0.136. The minimum absolute atomic E-state index is 0.142. The maximum absolute atomic E-state index is 11.9. The van der Waals surface area contributed by atoms with Crippen LogP contribution in [0.1, 0.15) is 5.56 Å². The highest BCUT2D eigenvalue weighted by Crippen LogP contribution is 2.09. The number of carbonyl (C=O) groups is 1. The van der Waals surface area contributed by atoms with Crippen molar-refractivity contribution < 1.29 is 14.6 Å². The molecule has 2 aromatic heterocycles. The van der Waals surface area contributed by atoms with E-state index in [1.165, 1.54) is 23.9 Å². The van der Waals surface area contributed by atoms with E-state index in [-0.39, 0.29) is 12.0 Å². The van der Waals surface area contributed by atoms with Gasteiger partial charge in [0.15, 0.2) is 0 Å². The lowest BCUT2D eigenvalue weighted by atomic mass is 10.2. The Labute approximate surface area is 96.1 Å². The van der Waals surface area contributed by atoms with Crippen molar-refractivity contribution >= 4 is 11.6 Å². The van der Waals surface area contributed by atoms with Gasteiger partial charge in [-0.3, -0.25) is 14.0 Å². The maximum Gasteiger partial charge on any atom is 0.308 e. The van der Waals surface area contributed by atoms with Crippen LogP contribution in [0, 0.1) is 0 Å². The SMILES string of the molecule is COc1ccc2ncc(CC(=O)O)c(=O)n2c1. The second kappa shape index (κ2) is 4.25. The second-order valence-electron chi connectivity index (χ2n) is 3.46. The van der Waals surface area contributed by atoms with Crippen molar-refractivity contribution in [2.24, 2.45) is 0 Å². The van der Waals surface area contributed by atoms with E-state index >= 15 is 0 Å². The quantitative estimate of drug-likeness (QED) is 0.827. The third kappa shape index (κ3) is 2.10. The molecule has 6 nitrogen and oxygen atoms in total. The highest BCUT2D eigenvalue weighted by molar-refractivity contribution is 5.70. The molecule has 6 heteroatoms. The molecule has 0 aliphatic rings. The Balaban J connectivity index is 2.64. The molecule has 0 aromatic carbocycles. The van der Waals surface area contributed by atoms with Crippen LogP contribution in [0.15, 0.2) is 29.3 Å². The van der Waals surface area contributed by atoms with Crippen LogP contribution in [0.4, 0.5) is 0 Å². The summed E-state index contributed by atoms with van der Waals surface area (Å²) in [4.78, 5) is 26.5. The van der Waals surface area contributed by atoms with Crippen LogP contribution >= 0.6 is 0 Å². The summed E-state index contributed by atoms with van der Waals surface area (Å²) in [6.07, 6.45) is 2.43. The zero-order valence-electron chi connectivity index (χ0n) is 9.08. The third-order valence-electron chi connectivity index (χ3n) is 2.32. The number of methoxy groups -OCH3 is 1. The van der Waals surface area contributed by atoms with E-state index < -0.39 is 11.5 Å². The van der Waals surface area contributed by atoms with Gasteiger partial charge < -0.3 is 9.84 Å². The number of aliphatic carboxylic acids is 1. The van der Waals surface area contributed by atoms with Crippen LogP contribution in [-0.2, 0) is 11.2 Å². The van der Waals surface area contributed by atoms with Crippen molar-refractivity contribution in [1.82, 2.24) is 9.38 Å². The Kier molecular flexibility index (Phi) is 2.78. The monoisotopic (exact) mass is 234 g/mol. The van der Waals surface area contributed by atoms with Crippen LogP contribution in [0.3, 0.4) is 0 Å². The van der Waals surface area contributed by atoms with Gasteiger partial charge in [-0.1, -0.05) is 0 Å². The van der Waals surface area contributed by atoms with Gasteiger partial charge in [0, 0.05) is 11.8 Å². The molecule has 2 heterocycles. The molecule has 0 saturated carbocycles. The first-order chi connectivity index (χ1) is 8.11. The average Bonchev–Trinajstić information content (AvgIpc) is 2.32. The fourth-order valence-electron chi connectivity index (χ4n) is 1.50. The number of carboxylic acid groups (broad SMARTS) is 1. The van der Waals surface area contributed by atoms with Gasteiger partial charge in [0.2, 0.25) is 0 Å². The van der Waals surface area contributed by atoms with Gasteiger partial charge >= 0.3 is 5.97 Å². The summed E-state index contributed by atoms with van der Waals surface area (Å²) in [5.74, 6) is -0.555. The first-order valence-corrected chi connectivity index (χ1v) is 4.88. The lowest BCUT2D eigenvalue weighted by Gasteiger charge is -2.04. The van der Waals surface area contributed by atoms with Gasteiger partial charge in [0.25, 0.3) is 5.56 Å². The number of hydrogen-bond acceptors (Lipinski definition) is 4. The standard InChI is InChI=1S/C11H10N2O4/c1-17-8-2-3-9-12-5-7(4-10(14)15)11(16)13(9)6-8/h2-3,5-6H,4H2,1H3,(H,14,15). The van der Waals surface area contributed by atoms with Gasteiger partial charge in [-0.25, -0.2) is 4.98 Å². The van der Waals surface area contributed by atoms with Crippen LogP contribution < -0.4 is 10.3 Å². The van der Waals surface area contributed by atoms with Crippen LogP contribution in [-0.4, -0.2) is 27.6 Å². The number of nitrogens with zero attached hydrogens (tertiary/aromatic N) is 2. The number of rotatable bonds is 3. The van der Waals surface area contributed by atoms with Crippen molar-refractivity contribution in [2.45, 2.75) is 6.42 Å². The molecular weight excluding hydrogens is 224 g/mol. The van der Waals surface area contributed by atoms with E-state index in [0.29, 0.717) is 11.4 Å². The average molecular weight is 234 g/mol. The number of hydrogen-bond donors (Lipinski definition) is 1. The summed E-state index contributed by atoms with van der Waals surface area (Å²) >= 11 is 0. The zero-order chi connectivity index (χ0) is 12.4. The van der Waals surface area contributed by atoms with Crippen molar-refractivity contribution in [1.29, 1.82) is 0 Å². The minimum Gasteiger partial charge on any atom is -0.495 e. The Morgan fingerprint density at radius 2 is 2.29 bits per heavy atom. The van der Waals surface area contributed by atoms with Crippen molar-refractivity contribution in [3.8, 4) is 5.75 Å². The highest BCUT2D eigenvalue weighted by atomic mass is 16.5. The fourth-order valence-corrected chi connectivity index (χ4v) is 1.50. The molecule has 2 aromatic rings. The van der Waals surface area contributed by atoms with E-state index in [1.807, 2.05) is 0 Å². The Morgan fingerprint density at radius 3 is 2.94 bits per heavy atom. The predicted octanol–water partition coefficient (Wildman–Crippen LogP) is 0.330. The summed E-state index contributed by atoms with van der Waals surface area (Å²) in [6.45, 7) is 0. The van der Waals surface area contributed by atoms with Crippen LogP contribution in [0.2, 0.25) is 0 Å². The summed E-state index contributed by atoms with van der Waals surface area (Å²) in [6, 6.07) is 3.31. The van der Waals surface area contributed by atoms with Gasteiger partial charge in [0.1, 0.15) is 11.4 Å². The first kappa shape index (κ1) is 11.1. The van der Waals surface area contributed by atoms with Crippen LogP contribution in [0.5, 0.6) is 5.75 Å². The summed E-state index contributed by atoms with van der Waals surface area (Å²) < 4.78 is 6.27. The summed E-state index contributed by atoms with van der Waals surface area (Å²) in [5.41, 5.74) is 0.199. The first-order valence-electron chi connectivity index (χ1n) is 4.88. The Hall–Kier alpha value is -2.37. The minimum atomic E-state index is -1.06. The molecule has 0 spiro atoms. The largest absolute Gasteiger partial charge is 0.495 e. The lowest BCUT2D eigenvalue weighted by Crippen LogP contribution is -2.21. The molecule has 0 saturated heterocycles. The van der Waals surface area contributed by atoms with Crippen molar-refractivity contribution in [2.75, 3.05) is 7.11 Å². The smallest absolute Gasteiger partial charge is 0.308 e. The molecule has 1 N–H and O–H groups in total. The van der Waals surface area contributed by atoms with Crippen molar-refractivity contribution in [3.63, 3.8) is 0 Å². The van der Waals surface area contributed by atoms with Gasteiger partial charge in [-0.2, -0.15) is 0 Å². The topological polar surface area (TPSA) is 80.9 Å². The number of fused-ring (bicyclic) bond motifs is 1. The van der Waals surface area contributed by atoms with Gasteiger partial charge in [0.05, 0.1) is 19.7 Å². The Bertz CT molecular complexity index is 633. The molecule has 2 rings (SSSR count). The second-order valence-corrected chi connectivity index (χ2v) is 3.46. The molecule has 0 radical (unpaired) electrons. The fraction of sp³-hybridized carbons (Fsp3) is 0.182. The van der Waals surface area contributed by atoms with E-state index in [4.69, 9.17) is 9.84 Å². The number of ether oxygens (including phenoxy) is 1. The normalized spacial score (nSPS) is 10.4. The predicted molar refractivity (Wildman–Crippen MR) is 59.4 cm³/mol. The molecular formula is C11H10N2O4. The summed E-state index contributed by atoms with van der Waals surface area (Å²) in [7, 11) is 1.49. The molecule has 0 bridgehead atoms. The Morgan fingerprint density at radius 1 is 1.53 bits per heavy atom. The molecule has 88 valence electrons. The number of carboxylic acids is 1. The molecule has 0 fully saturated rings. The molecule has 0 aliphatic heterocycles. The zero-order valence-corrected chi connectivity index (χ0v) is 9.08. The summed E-state index contributed by atoms with van der Waals surface area (Å²) in [5, 5.41) is 8.66. The highest BCUT2D eigenvalue weighted by Gasteiger charge is 2.08. The van der Waals surface area contributed by atoms with E-state index in [9.17, 15) is 9.59 Å². The van der Waals surface area contributed by atoms with Crippen LogP contribution in [0.25, 0.3) is 5.65 Å². The molecule has 0 aliphatic carbocycles. The van der Waals surface area contributed by atoms with Gasteiger partial charge in [-0.15, -0.1) is 0 Å². The van der Waals surface area contributed by atoms with E-state index in [2.05, 4.69) is 4.98 Å². The van der Waals surface area contributed by atoms with E-state index in [0.717, 1.165) is 0 Å². The number of aromatic nitrogens is 2. The maximum atomic E-state index is 11.9. The van der Waals surface area contributed by atoms with Gasteiger partial charge in [-0.05, 0) is 12.1 Å². The molecule has 17 heavy (non-hydrogen) atoms. The molecule has 0 unspecified atom stereocenters. The number of pyridine rings is 1. The third-order valence-corrected chi connectivity index (χ3v) is 2.32. The van der Waals surface area contributed by atoms with Crippen molar-refractivity contribution in [3.05, 3.63) is 40.4 Å². The molecule has 0 amide bonds. The van der Waals surface area contributed by atoms with E-state index in [1.54, 1.807) is 12.1 Å². The molecule has 0 atom stereocenters.